The summed E-state index contributed by atoms with van der Waals surface area (Å²) in [5, 5.41) is 10.8. The molecule has 9 nitrogen and oxygen atoms in total. The Morgan fingerprint density at radius 2 is 2.03 bits per heavy atom. The molecule has 0 aromatic carbocycles. The van der Waals surface area contributed by atoms with Gasteiger partial charge < -0.3 is 20.0 Å². The maximum Gasteiger partial charge on any atom is 0.226 e. The molecule has 3 aromatic heterocycles. The minimum atomic E-state index is -0.0724. The predicted molar refractivity (Wildman–Crippen MR) is 118 cm³/mol. The van der Waals surface area contributed by atoms with Gasteiger partial charge in [-0.3, -0.25) is 4.79 Å². The Morgan fingerprint density at radius 1 is 1.16 bits per heavy atom. The molecule has 9 heteroatoms. The van der Waals surface area contributed by atoms with E-state index in [2.05, 4.69) is 30.6 Å². The summed E-state index contributed by atoms with van der Waals surface area (Å²) in [6.45, 7) is 10.5. The normalized spacial score (nSPS) is 15.1. The molecule has 1 aliphatic heterocycles. The first-order valence-corrected chi connectivity index (χ1v) is 10.7. The molecule has 31 heavy (non-hydrogen) atoms. The first kappa shape index (κ1) is 21.2. The number of nitrogens with zero attached hydrogens (tertiary/aromatic N) is 5. The van der Waals surface area contributed by atoms with E-state index in [4.69, 9.17) is 4.42 Å². The van der Waals surface area contributed by atoms with Crippen LogP contribution in [0.2, 0.25) is 0 Å². The number of hydrogen-bond donors (Lipinski definition) is 2. The van der Waals surface area contributed by atoms with Crippen molar-refractivity contribution in [3.05, 3.63) is 41.4 Å². The van der Waals surface area contributed by atoms with Crippen LogP contribution in [-0.4, -0.2) is 63.3 Å². The van der Waals surface area contributed by atoms with Crippen molar-refractivity contribution in [1.82, 2.24) is 30.0 Å². The van der Waals surface area contributed by atoms with Crippen LogP contribution in [0.5, 0.6) is 0 Å². The minimum Gasteiger partial charge on any atom is -0.458 e. The molecule has 3 aromatic rings. The average molecular weight is 424 g/mol. The minimum absolute atomic E-state index is 0.0724. The average Bonchev–Trinajstić information content (AvgIpc) is 3.21. The molecule has 1 saturated heterocycles. The zero-order valence-corrected chi connectivity index (χ0v) is 18.3. The van der Waals surface area contributed by atoms with Gasteiger partial charge in [-0.1, -0.05) is 0 Å². The highest BCUT2D eigenvalue weighted by Crippen LogP contribution is 2.23. The topological polar surface area (TPSA) is 101 Å². The predicted octanol–water partition coefficient (Wildman–Crippen LogP) is 2.47. The molecule has 1 amide bonds. The molecule has 0 saturated carbocycles. The van der Waals surface area contributed by atoms with Crippen molar-refractivity contribution in [2.24, 2.45) is 0 Å². The van der Waals surface area contributed by atoms with E-state index < -0.39 is 0 Å². The van der Waals surface area contributed by atoms with E-state index in [9.17, 15) is 4.79 Å². The molecule has 0 aliphatic carbocycles. The van der Waals surface area contributed by atoms with Crippen molar-refractivity contribution in [2.45, 2.75) is 33.6 Å². The van der Waals surface area contributed by atoms with Crippen molar-refractivity contribution in [2.75, 3.05) is 38.0 Å². The van der Waals surface area contributed by atoms with Crippen LogP contribution in [0.15, 0.2) is 28.7 Å². The summed E-state index contributed by atoms with van der Waals surface area (Å²) in [5.74, 6) is 2.67. The van der Waals surface area contributed by atoms with Crippen LogP contribution in [0.1, 0.15) is 30.0 Å². The first-order chi connectivity index (χ1) is 15.0. The molecule has 1 fully saturated rings. The summed E-state index contributed by atoms with van der Waals surface area (Å²) in [7, 11) is 0. The van der Waals surface area contributed by atoms with Crippen molar-refractivity contribution in [3.8, 4) is 17.4 Å². The molecule has 0 atom stereocenters. The zero-order valence-electron chi connectivity index (χ0n) is 18.3. The van der Waals surface area contributed by atoms with Gasteiger partial charge in [0.2, 0.25) is 5.91 Å². The number of nitrogens with one attached hydrogen (secondary N) is 2. The summed E-state index contributed by atoms with van der Waals surface area (Å²) in [6, 6.07) is 7.41. The quantitative estimate of drug-likeness (QED) is 0.628. The van der Waals surface area contributed by atoms with Crippen LogP contribution < -0.4 is 10.6 Å². The van der Waals surface area contributed by atoms with E-state index in [0.717, 1.165) is 56.3 Å². The van der Waals surface area contributed by atoms with E-state index in [0.29, 0.717) is 29.6 Å². The lowest BCUT2D eigenvalue weighted by Crippen LogP contribution is -2.31. The van der Waals surface area contributed by atoms with Gasteiger partial charge in [-0.15, -0.1) is 0 Å². The summed E-state index contributed by atoms with van der Waals surface area (Å²) >= 11 is 0. The Bertz CT molecular complexity index is 1050. The number of carbonyl (C=O) groups excluding carboxylic acids is 1. The first-order valence-electron chi connectivity index (χ1n) is 10.7. The highest BCUT2D eigenvalue weighted by Gasteiger charge is 2.16. The number of aromatic nitrogens is 4. The summed E-state index contributed by atoms with van der Waals surface area (Å²) in [4.78, 5) is 24.1. The number of hydrogen-bond acceptors (Lipinski definition) is 7. The molecule has 164 valence electrons. The van der Waals surface area contributed by atoms with Crippen molar-refractivity contribution in [1.29, 1.82) is 0 Å². The Labute approximate surface area is 181 Å². The maximum absolute atomic E-state index is 12.7. The summed E-state index contributed by atoms with van der Waals surface area (Å²) < 4.78 is 7.46. The maximum atomic E-state index is 12.7. The third kappa shape index (κ3) is 5.36. The highest BCUT2D eigenvalue weighted by atomic mass is 16.3. The molecule has 0 bridgehead atoms. The largest absolute Gasteiger partial charge is 0.458 e. The zero-order chi connectivity index (χ0) is 21.8. The standard InChI is InChI=1S/C22H29N7O2/c1-15-13-16(2)29(27-15)20-14-19(25-22(26-20)18-6-5-17(3)31-18)24-21(30)7-11-28-10-4-8-23-9-12-28/h5-6,13-14,23H,4,7-12H2,1-3H3,(H,24,25,26,30). The van der Waals surface area contributed by atoms with Crippen LogP contribution in [0.25, 0.3) is 17.4 Å². The number of aryl methyl sites for hydroxylation is 3. The Morgan fingerprint density at radius 3 is 2.77 bits per heavy atom. The number of amides is 1. The second-order valence-electron chi connectivity index (χ2n) is 7.93. The van der Waals surface area contributed by atoms with Gasteiger partial charge in [0.25, 0.3) is 0 Å². The monoisotopic (exact) mass is 423 g/mol. The van der Waals surface area contributed by atoms with Crippen LogP contribution in [0.4, 0.5) is 5.82 Å². The molecule has 2 N–H and O–H groups in total. The third-order valence-electron chi connectivity index (χ3n) is 5.26. The van der Waals surface area contributed by atoms with E-state index >= 15 is 0 Å². The van der Waals surface area contributed by atoms with Crippen LogP contribution in [0, 0.1) is 20.8 Å². The fraction of sp³-hybridized carbons (Fsp3) is 0.455. The van der Waals surface area contributed by atoms with Crippen LogP contribution in [-0.2, 0) is 4.79 Å². The highest BCUT2D eigenvalue weighted by molar-refractivity contribution is 5.90. The van der Waals surface area contributed by atoms with Gasteiger partial charge in [0.05, 0.1) is 5.69 Å². The van der Waals surface area contributed by atoms with Crippen molar-refractivity contribution in [3.63, 3.8) is 0 Å². The van der Waals surface area contributed by atoms with Gasteiger partial charge in [0.1, 0.15) is 11.6 Å². The second-order valence-corrected chi connectivity index (χ2v) is 7.93. The van der Waals surface area contributed by atoms with E-state index in [1.54, 1.807) is 10.7 Å². The van der Waals surface area contributed by atoms with Crippen LogP contribution >= 0.6 is 0 Å². The lowest BCUT2D eigenvalue weighted by atomic mass is 10.3. The lowest BCUT2D eigenvalue weighted by molar-refractivity contribution is -0.116. The van der Waals surface area contributed by atoms with E-state index in [-0.39, 0.29) is 5.91 Å². The van der Waals surface area contributed by atoms with Gasteiger partial charge in [0, 0.05) is 37.8 Å². The molecular formula is C22H29N7O2. The van der Waals surface area contributed by atoms with Gasteiger partial charge in [0.15, 0.2) is 17.4 Å². The third-order valence-corrected chi connectivity index (χ3v) is 5.26. The number of carbonyl (C=O) groups is 1. The molecule has 0 radical (unpaired) electrons. The molecule has 1 aliphatic rings. The molecule has 4 heterocycles. The fourth-order valence-electron chi connectivity index (χ4n) is 3.72. The van der Waals surface area contributed by atoms with Crippen molar-refractivity contribution >= 4 is 11.7 Å². The lowest BCUT2D eigenvalue weighted by Gasteiger charge is -2.18. The number of anilines is 1. The van der Waals surface area contributed by atoms with E-state index in [1.807, 2.05) is 39.0 Å². The SMILES string of the molecule is Cc1cc(C)n(-c2cc(NC(=O)CCN3CCCNCC3)nc(-c3ccc(C)o3)n2)n1. The summed E-state index contributed by atoms with van der Waals surface area (Å²) in [5.41, 5.74) is 1.84. The van der Waals surface area contributed by atoms with Gasteiger partial charge >= 0.3 is 0 Å². The van der Waals surface area contributed by atoms with Gasteiger partial charge in [-0.05, 0) is 58.5 Å². The van der Waals surface area contributed by atoms with Gasteiger partial charge in [-0.25, -0.2) is 14.6 Å². The Hall–Kier alpha value is -3.04. The molecule has 4 rings (SSSR count). The van der Waals surface area contributed by atoms with Gasteiger partial charge in [-0.2, -0.15) is 5.10 Å². The molecular weight excluding hydrogens is 394 g/mol. The number of rotatable bonds is 6. The Kier molecular flexibility index (Phi) is 6.43. The van der Waals surface area contributed by atoms with E-state index in [1.165, 1.54) is 0 Å². The summed E-state index contributed by atoms with van der Waals surface area (Å²) in [6.07, 6.45) is 1.51. The second kappa shape index (κ2) is 9.40. The fourth-order valence-corrected chi connectivity index (χ4v) is 3.72. The Balaban J connectivity index is 1.55. The number of furan rings is 1. The smallest absolute Gasteiger partial charge is 0.226 e. The molecule has 0 spiro atoms. The molecule has 0 unspecified atom stereocenters. The van der Waals surface area contributed by atoms with Crippen LogP contribution in [0.3, 0.4) is 0 Å². The van der Waals surface area contributed by atoms with Crippen molar-refractivity contribution < 1.29 is 9.21 Å².